The maximum Gasteiger partial charge on any atom is 0.306 e. The number of amides is 1. The Morgan fingerprint density at radius 3 is 2.72 bits per heavy atom. The van der Waals surface area contributed by atoms with Crippen LogP contribution in [0.2, 0.25) is 5.02 Å². The summed E-state index contributed by atoms with van der Waals surface area (Å²) in [7, 11) is 1.76. The van der Waals surface area contributed by atoms with Gasteiger partial charge in [0.25, 0.3) is 0 Å². The molecular formula is C18H15ClFN5O3S. The molecule has 1 amide bonds. The molecule has 150 valence electrons. The molecule has 0 saturated carbocycles. The maximum absolute atomic E-state index is 13.4. The summed E-state index contributed by atoms with van der Waals surface area (Å²) in [6.45, 7) is 1.65. The van der Waals surface area contributed by atoms with Crippen molar-refractivity contribution in [1.29, 1.82) is 0 Å². The van der Waals surface area contributed by atoms with Crippen molar-refractivity contribution in [3.8, 4) is 11.4 Å². The number of hydrogen-bond acceptors (Lipinski definition) is 6. The first-order chi connectivity index (χ1) is 13.8. The Kier molecular flexibility index (Phi) is 6.14. The van der Waals surface area contributed by atoms with Crippen molar-refractivity contribution in [2.24, 2.45) is 7.05 Å². The van der Waals surface area contributed by atoms with Crippen LogP contribution in [0, 0.1) is 15.9 Å². The van der Waals surface area contributed by atoms with E-state index in [4.69, 9.17) is 11.6 Å². The van der Waals surface area contributed by atoms with E-state index in [-0.39, 0.29) is 5.69 Å². The van der Waals surface area contributed by atoms with Gasteiger partial charge in [0.1, 0.15) is 0 Å². The zero-order valence-electron chi connectivity index (χ0n) is 15.3. The first-order valence-corrected chi connectivity index (χ1v) is 9.59. The van der Waals surface area contributed by atoms with Gasteiger partial charge >= 0.3 is 5.69 Å². The van der Waals surface area contributed by atoms with Crippen LogP contribution in [0.1, 0.15) is 6.92 Å². The summed E-state index contributed by atoms with van der Waals surface area (Å²) in [6.07, 6.45) is 0. The zero-order valence-corrected chi connectivity index (χ0v) is 16.9. The number of aromatic nitrogens is 3. The molecule has 0 bridgehead atoms. The van der Waals surface area contributed by atoms with Crippen molar-refractivity contribution in [2.45, 2.75) is 17.3 Å². The second-order valence-electron chi connectivity index (χ2n) is 6.02. The molecule has 1 atom stereocenters. The molecule has 0 aliphatic heterocycles. The number of nitrogens with zero attached hydrogens (tertiary/aromatic N) is 4. The van der Waals surface area contributed by atoms with E-state index in [1.807, 2.05) is 18.2 Å². The molecule has 2 aromatic carbocycles. The average Bonchev–Trinajstić information content (AvgIpc) is 3.03. The van der Waals surface area contributed by atoms with Crippen molar-refractivity contribution in [2.75, 3.05) is 5.32 Å². The molecule has 0 spiro atoms. The summed E-state index contributed by atoms with van der Waals surface area (Å²) in [4.78, 5) is 22.4. The summed E-state index contributed by atoms with van der Waals surface area (Å²) in [5.74, 6) is -0.834. The topological polar surface area (TPSA) is 103 Å². The summed E-state index contributed by atoms with van der Waals surface area (Å²) < 4.78 is 15.2. The first kappa shape index (κ1) is 20.7. The number of hydrogen-bond donors (Lipinski definition) is 1. The predicted molar refractivity (Wildman–Crippen MR) is 108 cm³/mol. The summed E-state index contributed by atoms with van der Waals surface area (Å²) in [5, 5.41) is 22.1. The molecule has 1 N–H and O–H groups in total. The van der Waals surface area contributed by atoms with Gasteiger partial charge in [-0.1, -0.05) is 35.5 Å². The van der Waals surface area contributed by atoms with Gasteiger partial charge in [0.2, 0.25) is 11.7 Å². The van der Waals surface area contributed by atoms with Gasteiger partial charge in [-0.3, -0.25) is 14.9 Å². The summed E-state index contributed by atoms with van der Waals surface area (Å²) in [5.41, 5.74) is 0.137. The number of anilines is 1. The Hall–Kier alpha value is -2.98. The SMILES string of the molecule is CC(Sc1nnc(-c2ccccc2Cl)n1C)C(=O)Nc1ccc(F)c([N+](=O)[O-])c1. The summed E-state index contributed by atoms with van der Waals surface area (Å²) >= 11 is 7.36. The number of nitro benzene ring substituents is 1. The van der Waals surface area contributed by atoms with Crippen LogP contribution in [0.5, 0.6) is 0 Å². The number of halogens is 2. The molecule has 0 aliphatic rings. The highest BCUT2D eigenvalue weighted by Gasteiger charge is 2.21. The lowest BCUT2D eigenvalue weighted by molar-refractivity contribution is -0.387. The number of nitrogens with one attached hydrogen (secondary N) is 1. The van der Waals surface area contributed by atoms with Gasteiger partial charge in [0, 0.05) is 24.4 Å². The minimum Gasteiger partial charge on any atom is -0.325 e. The van der Waals surface area contributed by atoms with E-state index in [0.717, 1.165) is 23.9 Å². The largest absolute Gasteiger partial charge is 0.325 e. The highest BCUT2D eigenvalue weighted by Crippen LogP contribution is 2.30. The Morgan fingerprint density at radius 1 is 1.31 bits per heavy atom. The lowest BCUT2D eigenvalue weighted by atomic mass is 10.2. The molecule has 0 saturated heterocycles. The Labute approximate surface area is 174 Å². The van der Waals surface area contributed by atoms with Gasteiger partial charge in [-0.25, -0.2) is 0 Å². The minimum atomic E-state index is -0.971. The first-order valence-electron chi connectivity index (χ1n) is 8.33. The number of carbonyl (C=O) groups is 1. The van der Waals surface area contributed by atoms with Crippen LogP contribution in [0.15, 0.2) is 47.6 Å². The molecule has 0 fully saturated rings. The third-order valence-corrected chi connectivity index (χ3v) is 5.47. The maximum atomic E-state index is 13.4. The monoisotopic (exact) mass is 435 g/mol. The zero-order chi connectivity index (χ0) is 21.1. The molecule has 8 nitrogen and oxygen atoms in total. The molecule has 1 aromatic heterocycles. The Balaban J connectivity index is 1.73. The van der Waals surface area contributed by atoms with Crippen molar-refractivity contribution in [3.63, 3.8) is 0 Å². The van der Waals surface area contributed by atoms with E-state index in [0.29, 0.717) is 21.6 Å². The van der Waals surface area contributed by atoms with E-state index in [1.54, 1.807) is 24.6 Å². The third-order valence-electron chi connectivity index (χ3n) is 4.01. The van der Waals surface area contributed by atoms with Gasteiger partial charge in [-0.05, 0) is 31.2 Å². The smallest absolute Gasteiger partial charge is 0.306 e. The van der Waals surface area contributed by atoms with Crippen LogP contribution in [0.4, 0.5) is 15.8 Å². The van der Waals surface area contributed by atoms with Crippen LogP contribution in [-0.2, 0) is 11.8 Å². The van der Waals surface area contributed by atoms with Gasteiger partial charge in [0.15, 0.2) is 11.0 Å². The second kappa shape index (κ2) is 8.58. The van der Waals surface area contributed by atoms with Crippen molar-refractivity contribution in [1.82, 2.24) is 14.8 Å². The molecule has 11 heteroatoms. The number of benzene rings is 2. The van der Waals surface area contributed by atoms with E-state index < -0.39 is 27.6 Å². The molecular weight excluding hydrogens is 421 g/mol. The lowest BCUT2D eigenvalue weighted by Gasteiger charge is -2.12. The third kappa shape index (κ3) is 4.54. The van der Waals surface area contributed by atoms with E-state index in [1.165, 1.54) is 6.07 Å². The number of carbonyl (C=O) groups excluding carboxylic acids is 1. The number of thioether (sulfide) groups is 1. The quantitative estimate of drug-likeness (QED) is 0.351. The molecule has 0 radical (unpaired) electrons. The van der Waals surface area contributed by atoms with Crippen LogP contribution in [0.3, 0.4) is 0 Å². The molecule has 1 unspecified atom stereocenters. The van der Waals surface area contributed by atoms with Crippen molar-refractivity contribution in [3.05, 3.63) is 63.4 Å². The highest BCUT2D eigenvalue weighted by molar-refractivity contribution is 8.00. The van der Waals surface area contributed by atoms with E-state index in [2.05, 4.69) is 15.5 Å². The van der Waals surface area contributed by atoms with E-state index in [9.17, 15) is 19.3 Å². The normalized spacial score (nSPS) is 11.9. The van der Waals surface area contributed by atoms with Gasteiger partial charge in [-0.2, -0.15) is 4.39 Å². The van der Waals surface area contributed by atoms with Gasteiger partial charge < -0.3 is 9.88 Å². The second-order valence-corrected chi connectivity index (χ2v) is 7.73. The summed E-state index contributed by atoms with van der Waals surface area (Å²) in [6, 6.07) is 10.4. The molecule has 1 heterocycles. The minimum absolute atomic E-state index is 0.130. The predicted octanol–water partition coefficient (Wildman–Crippen LogP) is 4.30. The average molecular weight is 436 g/mol. The van der Waals surface area contributed by atoms with Gasteiger partial charge in [-0.15, -0.1) is 10.2 Å². The lowest BCUT2D eigenvalue weighted by Crippen LogP contribution is -2.23. The van der Waals surface area contributed by atoms with Crippen molar-refractivity contribution < 1.29 is 14.1 Å². The fourth-order valence-electron chi connectivity index (χ4n) is 2.48. The van der Waals surface area contributed by atoms with E-state index >= 15 is 0 Å². The van der Waals surface area contributed by atoms with Crippen molar-refractivity contribution >= 4 is 40.6 Å². The fourth-order valence-corrected chi connectivity index (χ4v) is 3.52. The van der Waals surface area contributed by atoms with Crippen LogP contribution in [0.25, 0.3) is 11.4 Å². The highest BCUT2D eigenvalue weighted by atomic mass is 35.5. The van der Waals surface area contributed by atoms with Crippen LogP contribution < -0.4 is 5.32 Å². The fraction of sp³-hybridized carbons (Fsp3) is 0.167. The Morgan fingerprint density at radius 2 is 2.03 bits per heavy atom. The molecule has 3 aromatic rings. The van der Waals surface area contributed by atoms with Crippen LogP contribution >= 0.6 is 23.4 Å². The molecule has 3 rings (SSSR count). The Bertz CT molecular complexity index is 1090. The number of rotatable bonds is 6. The number of nitro groups is 1. The molecule has 29 heavy (non-hydrogen) atoms. The van der Waals surface area contributed by atoms with Crippen LogP contribution in [-0.4, -0.2) is 30.8 Å². The molecule has 0 aliphatic carbocycles. The standard InChI is InChI=1S/C18H15ClFN5O3S/c1-10(17(26)21-11-7-8-14(20)15(9-11)25(27)28)29-18-23-22-16(24(18)2)12-5-3-4-6-13(12)19/h3-10H,1-2H3,(H,21,26). The van der Waals surface area contributed by atoms with Gasteiger partial charge in [0.05, 0.1) is 15.2 Å².